The number of hydrogen-bond donors (Lipinski definition) is 1. The first kappa shape index (κ1) is 9.83. The van der Waals surface area contributed by atoms with Crippen molar-refractivity contribution in [3.05, 3.63) is 29.3 Å². The van der Waals surface area contributed by atoms with Crippen molar-refractivity contribution in [3.8, 4) is 5.75 Å². The summed E-state index contributed by atoms with van der Waals surface area (Å²) in [5, 5.41) is 9.29. The van der Waals surface area contributed by atoms with Crippen molar-refractivity contribution in [3.63, 3.8) is 0 Å². The van der Waals surface area contributed by atoms with E-state index in [1.54, 1.807) is 24.0 Å². The van der Waals surface area contributed by atoms with E-state index < -0.39 is 0 Å². The topological polar surface area (TPSA) is 49.8 Å². The SMILES string of the molecule is CCOC(=O)N1Cc2ccc(O)cc2C1. The van der Waals surface area contributed by atoms with E-state index >= 15 is 0 Å². The van der Waals surface area contributed by atoms with Crippen LogP contribution in [0.3, 0.4) is 0 Å². The molecule has 1 N–H and O–H groups in total. The summed E-state index contributed by atoms with van der Waals surface area (Å²) < 4.78 is 4.91. The van der Waals surface area contributed by atoms with Crippen molar-refractivity contribution in [2.45, 2.75) is 20.0 Å². The van der Waals surface area contributed by atoms with Gasteiger partial charge in [0, 0.05) is 13.1 Å². The third-order valence-electron chi connectivity index (χ3n) is 2.44. The number of nitrogens with zero attached hydrogens (tertiary/aromatic N) is 1. The van der Waals surface area contributed by atoms with Crippen LogP contribution in [0, 0.1) is 0 Å². The quantitative estimate of drug-likeness (QED) is 0.764. The number of aromatic hydroxyl groups is 1. The van der Waals surface area contributed by atoms with Gasteiger partial charge < -0.3 is 9.84 Å². The molecule has 4 heteroatoms. The van der Waals surface area contributed by atoms with Gasteiger partial charge >= 0.3 is 6.09 Å². The van der Waals surface area contributed by atoms with E-state index in [4.69, 9.17) is 4.74 Å². The smallest absolute Gasteiger partial charge is 0.410 e. The number of benzene rings is 1. The van der Waals surface area contributed by atoms with Crippen molar-refractivity contribution < 1.29 is 14.6 Å². The molecule has 1 aliphatic rings. The van der Waals surface area contributed by atoms with Crippen molar-refractivity contribution >= 4 is 6.09 Å². The number of phenols is 1. The molecule has 1 heterocycles. The summed E-state index contributed by atoms with van der Waals surface area (Å²) in [4.78, 5) is 13.1. The summed E-state index contributed by atoms with van der Waals surface area (Å²) in [6.45, 7) is 3.25. The van der Waals surface area contributed by atoms with Gasteiger partial charge in [-0.25, -0.2) is 4.79 Å². The second-order valence-electron chi connectivity index (χ2n) is 3.51. The average Bonchev–Trinajstić information content (AvgIpc) is 2.60. The maximum Gasteiger partial charge on any atom is 0.410 e. The maximum atomic E-state index is 11.4. The van der Waals surface area contributed by atoms with Crippen LogP contribution < -0.4 is 0 Å². The summed E-state index contributed by atoms with van der Waals surface area (Å²) in [6, 6.07) is 5.16. The van der Waals surface area contributed by atoms with Gasteiger partial charge in [0.1, 0.15) is 5.75 Å². The molecule has 0 aliphatic carbocycles. The van der Waals surface area contributed by atoms with Crippen molar-refractivity contribution in [2.75, 3.05) is 6.61 Å². The largest absolute Gasteiger partial charge is 0.508 e. The summed E-state index contributed by atoms with van der Waals surface area (Å²) in [5.74, 6) is 0.236. The number of amides is 1. The highest BCUT2D eigenvalue weighted by molar-refractivity contribution is 5.68. The van der Waals surface area contributed by atoms with Gasteiger partial charge in [0.25, 0.3) is 0 Å². The summed E-state index contributed by atoms with van der Waals surface area (Å²) in [6.07, 6.45) is -0.298. The molecular formula is C11H13NO3. The fourth-order valence-corrected chi connectivity index (χ4v) is 1.72. The molecule has 4 nitrogen and oxygen atoms in total. The minimum atomic E-state index is -0.298. The molecule has 0 spiro atoms. The number of carbonyl (C=O) groups is 1. The first-order valence-electron chi connectivity index (χ1n) is 4.93. The molecule has 0 bridgehead atoms. The second-order valence-corrected chi connectivity index (χ2v) is 3.51. The van der Waals surface area contributed by atoms with Gasteiger partial charge in [-0.2, -0.15) is 0 Å². The monoisotopic (exact) mass is 207 g/mol. The van der Waals surface area contributed by atoms with Crippen molar-refractivity contribution in [1.29, 1.82) is 0 Å². The van der Waals surface area contributed by atoms with Crippen LogP contribution in [0.1, 0.15) is 18.1 Å². The third kappa shape index (κ3) is 1.88. The summed E-state index contributed by atoms with van der Waals surface area (Å²) in [7, 11) is 0. The van der Waals surface area contributed by atoms with Gasteiger partial charge in [-0.05, 0) is 30.2 Å². The molecule has 1 amide bonds. The minimum absolute atomic E-state index is 0.236. The molecule has 1 aromatic rings. The summed E-state index contributed by atoms with van der Waals surface area (Å²) in [5.41, 5.74) is 2.06. The predicted octanol–water partition coefficient (Wildman–Crippen LogP) is 1.86. The zero-order valence-corrected chi connectivity index (χ0v) is 8.56. The molecule has 0 saturated carbocycles. The Bertz CT molecular complexity index is 389. The van der Waals surface area contributed by atoms with Crippen LogP contribution in [-0.2, 0) is 17.8 Å². The minimum Gasteiger partial charge on any atom is -0.508 e. The highest BCUT2D eigenvalue weighted by atomic mass is 16.6. The van der Waals surface area contributed by atoms with Gasteiger partial charge in [0.05, 0.1) is 6.61 Å². The molecule has 2 rings (SSSR count). The fraction of sp³-hybridized carbons (Fsp3) is 0.364. The molecule has 0 radical (unpaired) electrons. The van der Waals surface area contributed by atoms with Gasteiger partial charge in [0.15, 0.2) is 0 Å². The molecule has 15 heavy (non-hydrogen) atoms. The highest BCUT2D eigenvalue weighted by Crippen LogP contribution is 2.26. The number of hydrogen-bond acceptors (Lipinski definition) is 3. The van der Waals surface area contributed by atoms with E-state index in [9.17, 15) is 9.90 Å². The first-order chi connectivity index (χ1) is 7.20. The van der Waals surface area contributed by atoms with Gasteiger partial charge in [0.2, 0.25) is 0 Å². The number of rotatable bonds is 1. The fourth-order valence-electron chi connectivity index (χ4n) is 1.72. The van der Waals surface area contributed by atoms with Crippen molar-refractivity contribution in [1.82, 2.24) is 4.90 Å². The van der Waals surface area contributed by atoms with Crippen LogP contribution in [0.25, 0.3) is 0 Å². The lowest BCUT2D eigenvalue weighted by Crippen LogP contribution is -2.25. The zero-order valence-electron chi connectivity index (χ0n) is 8.56. The Labute approximate surface area is 88.1 Å². The predicted molar refractivity (Wildman–Crippen MR) is 54.4 cm³/mol. The Morgan fingerprint density at radius 1 is 1.47 bits per heavy atom. The van der Waals surface area contributed by atoms with E-state index in [0.717, 1.165) is 11.1 Å². The molecule has 0 aromatic heterocycles. The molecule has 0 atom stereocenters. The van der Waals surface area contributed by atoms with Gasteiger partial charge in [-0.1, -0.05) is 6.07 Å². The lowest BCUT2D eigenvalue weighted by atomic mass is 10.1. The average molecular weight is 207 g/mol. The van der Waals surface area contributed by atoms with E-state index in [0.29, 0.717) is 19.7 Å². The zero-order chi connectivity index (χ0) is 10.8. The second kappa shape index (κ2) is 3.81. The Hall–Kier alpha value is -1.71. The van der Waals surface area contributed by atoms with Crippen LogP contribution in [-0.4, -0.2) is 22.7 Å². The Balaban J connectivity index is 2.12. The lowest BCUT2D eigenvalue weighted by molar-refractivity contribution is 0.106. The van der Waals surface area contributed by atoms with Gasteiger partial charge in [-0.3, -0.25) is 4.90 Å². The van der Waals surface area contributed by atoms with E-state index in [1.165, 1.54) is 0 Å². The van der Waals surface area contributed by atoms with Crippen LogP contribution in [0.4, 0.5) is 4.79 Å². The first-order valence-corrected chi connectivity index (χ1v) is 4.93. The molecule has 1 aromatic carbocycles. The molecule has 1 aliphatic heterocycles. The molecule has 0 fully saturated rings. The number of fused-ring (bicyclic) bond motifs is 1. The number of phenolic OH excluding ortho intramolecular Hbond substituents is 1. The Morgan fingerprint density at radius 3 is 2.93 bits per heavy atom. The van der Waals surface area contributed by atoms with E-state index in [1.807, 2.05) is 6.07 Å². The molecular weight excluding hydrogens is 194 g/mol. The van der Waals surface area contributed by atoms with E-state index in [2.05, 4.69) is 0 Å². The molecule has 0 saturated heterocycles. The molecule has 80 valence electrons. The number of carbonyl (C=O) groups excluding carboxylic acids is 1. The Kier molecular flexibility index (Phi) is 2.49. The number of ether oxygens (including phenoxy) is 1. The summed E-state index contributed by atoms with van der Waals surface area (Å²) >= 11 is 0. The Morgan fingerprint density at radius 2 is 2.20 bits per heavy atom. The van der Waals surface area contributed by atoms with Crippen LogP contribution >= 0.6 is 0 Å². The lowest BCUT2D eigenvalue weighted by Gasteiger charge is -2.13. The standard InChI is InChI=1S/C11H13NO3/c1-2-15-11(14)12-6-8-3-4-10(13)5-9(8)7-12/h3-5,13H,2,6-7H2,1H3. The molecule has 0 unspecified atom stereocenters. The normalized spacial score (nSPS) is 13.8. The van der Waals surface area contributed by atoms with E-state index in [-0.39, 0.29) is 11.8 Å². The third-order valence-corrected chi connectivity index (χ3v) is 2.44. The van der Waals surface area contributed by atoms with Crippen LogP contribution in [0.2, 0.25) is 0 Å². The van der Waals surface area contributed by atoms with Gasteiger partial charge in [-0.15, -0.1) is 0 Å². The maximum absolute atomic E-state index is 11.4. The van der Waals surface area contributed by atoms with Crippen molar-refractivity contribution in [2.24, 2.45) is 0 Å². The van der Waals surface area contributed by atoms with Crippen LogP contribution in [0.5, 0.6) is 5.75 Å². The highest BCUT2D eigenvalue weighted by Gasteiger charge is 2.24. The van der Waals surface area contributed by atoms with Crippen LogP contribution in [0.15, 0.2) is 18.2 Å².